The number of rotatable bonds is 3. The fraction of sp³-hybridized carbons (Fsp3) is 0.222. The fourth-order valence-corrected chi connectivity index (χ4v) is 7.59. The molecule has 0 unspecified atom stereocenters. The van der Waals surface area contributed by atoms with Crippen molar-refractivity contribution >= 4 is 44.0 Å². The molecule has 0 atom stereocenters. The first kappa shape index (κ1) is 17.2. The Hall–Kier alpha value is -1.60. The van der Waals surface area contributed by atoms with Gasteiger partial charge in [0.2, 0.25) is 0 Å². The summed E-state index contributed by atoms with van der Waals surface area (Å²) in [6.45, 7) is 5.85. The molecular formula is C18H17ClINO3. The molecule has 0 bridgehead atoms. The van der Waals surface area contributed by atoms with Crippen molar-refractivity contribution in [1.82, 2.24) is 3.11 Å². The van der Waals surface area contributed by atoms with Gasteiger partial charge >= 0.3 is 154 Å². The molecule has 0 saturated carbocycles. The first-order chi connectivity index (χ1) is 11.4. The summed E-state index contributed by atoms with van der Waals surface area (Å²) in [5.41, 5.74) is 2.10. The van der Waals surface area contributed by atoms with E-state index in [2.05, 4.69) is 0 Å². The van der Waals surface area contributed by atoms with E-state index in [-0.39, 0.29) is 11.9 Å². The number of aryl methyl sites for hydroxylation is 1. The number of halogens is 2. The Morgan fingerprint density at radius 3 is 2.62 bits per heavy atom. The summed E-state index contributed by atoms with van der Waals surface area (Å²) in [5.74, 6) is -0.486. The summed E-state index contributed by atoms with van der Waals surface area (Å²) in [7, 11) is 0. The SMILES string of the molecule is Cc1ccc2c(c1)I(OC(=O)c1cccc(Cl)c1)N(C(C)C)C2=O. The van der Waals surface area contributed by atoms with Crippen LogP contribution in [0.4, 0.5) is 0 Å². The fourth-order valence-electron chi connectivity index (χ4n) is 2.43. The van der Waals surface area contributed by atoms with Crippen molar-refractivity contribution in [1.29, 1.82) is 0 Å². The topological polar surface area (TPSA) is 46.6 Å². The number of hydrogen-bond acceptors (Lipinski definition) is 3. The van der Waals surface area contributed by atoms with E-state index in [0.29, 0.717) is 16.1 Å². The van der Waals surface area contributed by atoms with Crippen molar-refractivity contribution in [3.05, 3.63) is 67.7 Å². The predicted octanol–water partition coefficient (Wildman–Crippen LogP) is 4.88. The molecule has 1 amide bonds. The van der Waals surface area contributed by atoms with Crippen LogP contribution < -0.4 is 0 Å². The molecule has 1 aliphatic heterocycles. The Morgan fingerprint density at radius 2 is 1.96 bits per heavy atom. The molecule has 2 aromatic carbocycles. The number of benzene rings is 2. The van der Waals surface area contributed by atoms with Gasteiger partial charge < -0.3 is 0 Å². The minimum absolute atomic E-state index is 0.0254. The quantitative estimate of drug-likeness (QED) is 0.488. The Bertz CT molecular complexity index is 822. The normalized spacial score (nSPS) is 15.0. The van der Waals surface area contributed by atoms with E-state index in [9.17, 15) is 9.59 Å². The molecule has 6 heteroatoms. The second-order valence-corrected chi connectivity index (χ2v) is 10.2. The standard InChI is InChI=1S/C18H17ClINO3/c1-11(2)21-17(22)15-8-7-12(3)9-16(15)20(21)24-18(23)13-5-4-6-14(19)10-13/h4-11H,1-3H3. The van der Waals surface area contributed by atoms with Crippen LogP contribution >= 0.6 is 32.1 Å². The summed E-state index contributed by atoms with van der Waals surface area (Å²) in [4.78, 5) is 25.2. The molecule has 0 aliphatic carbocycles. The number of carbonyl (C=O) groups excluding carboxylic acids is 2. The predicted molar refractivity (Wildman–Crippen MR) is 102 cm³/mol. The third-order valence-electron chi connectivity index (χ3n) is 3.55. The van der Waals surface area contributed by atoms with Crippen molar-refractivity contribution in [2.24, 2.45) is 0 Å². The van der Waals surface area contributed by atoms with Crippen molar-refractivity contribution in [2.45, 2.75) is 26.8 Å². The molecule has 3 rings (SSSR count). The van der Waals surface area contributed by atoms with E-state index in [0.717, 1.165) is 9.13 Å². The molecule has 24 heavy (non-hydrogen) atoms. The second-order valence-electron chi connectivity index (χ2n) is 5.80. The Kier molecular flexibility index (Phi) is 4.83. The average Bonchev–Trinajstić information content (AvgIpc) is 2.79. The van der Waals surface area contributed by atoms with Crippen LogP contribution in [0.2, 0.25) is 5.02 Å². The molecular weight excluding hydrogens is 441 g/mol. The first-order valence-corrected chi connectivity index (χ1v) is 10.8. The van der Waals surface area contributed by atoms with Gasteiger partial charge in [0.05, 0.1) is 0 Å². The van der Waals surface area contributed by atoms with Crippen LogP contribution in [0.5, 0.6) is 0 Å². The van der Waals surface area contributed by atoms with Crippen molar-refractivity contribution in [2.75, 3.05) is 0 Å². The van der Waals surface area contributed by atoms with Gasteiger partial charge in [-0.1, -0.05) is 0 Å². The van der Waals surface area contributed by atoms with Gasteiger partial charge in [-0.3, -0.25) is 0 Å². The minimum atomic E-state index is -2.60. The van der Waals surface area contributed by atoms with E-state index in [4.69, 9.17) is 14.7 Å². The van der Waals surface area contributed by atoms with Gasteiger partial charge in [-0.05, 0) is 0 Å². The first-order valence-electron chi connectivity index (χ1n) is 7.51. The van der Waals surface area contributed by atoms with Crippen LogP contribution in [-0.4, -0.2) is 21.0 Å². The van der Waals surface area contributed by atoms with E-state index in [1.165, 1.54) is 0 Å². The summed E-state index contributed by atoms with van der Waals surface area (Å²) >= 11 is 3.35. The summed E-state index contributed by atoms with van der Waals surface area (Å²) < 4.78 is 8.47. The van der Waals surface area contributed by atoms with E-state index in [1.54, 1.807) is 27.4 Å². The van der Waals surface area contributed by atoms with E-state index >= 15 is 0 Å². The van der Waals surface area contributed by atoms with Crippen LogP contribution in [0.3, 0.4) is 0 Å². The zero-order valence-corrected chi connectivity index (χ0v) is 16.5. The van der Waals surface area contributed by atoms with E-state index < -0.39 is 26.5 Å². The molecule has 0 radical (unpaired) electrons. The summed E-state index contributed by atoms with van der Waals surface area (Å²) in [6.07, 6.45) is 0. The number of hydrogen-bond donors (Lipinski definition) is 0. The molecule has 0 aromatic heterocycles. The van der Waals surface area contributed by atoms with Gasteiger partial charge in [-0.15, -0.1) is 0 Å². The van der Waals surface area contributed by atoms with Gasteiger partial charge in [0.15, 0.2) is 0 Å². The maximum atomic E-state index is 12.7. The second kappa shape index (κ2) is 6.72. The molecule has 1 aliphatic rings. The van der Waals surface area contributed by atoms with Gasteiger partial charge in [-0.25, -0.2) is 0 Å². The number of nitrogens with zero attached hydrogens (tertiary/aromatic N) is 1. The van der Waals surface area contributed by atoms with Crippen LogP contribution in [-0.2, 0) is 3.07 Å². The van der Waals surface area contributed by atoms with Crippen LogP contribution in [0.25, 0.3) is 0 Å². The van der Waals surface area contributed by atoms with Crippen LogP contribution in [0, 0.1) is 10.5 Å². The molecule has 4 nitrogen and oxygen atoms in total. The van der Waals surface area contributed by atoms with Gasteiger partial charge in [0.25, 0.3) is 0 Å². The Morgan fingerprint density at radius 1 is 1.21 bits per heavy atom. The summed E-state index contributed by atoms with van der Waals surface area (Å²) in [6, 6.07) is 12.3. The van der Waals surface area contributed by atoms with Gasteiger partial charge in [-0.2, -0.15) is 0 Å². The molecule has 1 heterocycles. The number of fused-ring (bicyclic) bond motifs is 1. The average molecular weight is 458 g/mol. The van der Waals surface area contributed by atoms with Crippen LogP contribution in [0.1, 0.15) is 40.1 Å². The number of amides is 1. The van der Waals surface area contributed by atoms with Crippen molar-refractivity contribution < 1.29 is 12.7 Å². The third kappa shape index (κ3) is 3.15. The maximum absolute atomic E-state index is 12.7. The molecule has 2 aromatic rings. The van der Waals surface area contributed by atoms with Gasteiger partial charge in [0.1, 0.15) is 0 Å². The molecule has 0 saturated heterocycles. The van der Waals surface area contributed by atoms with Crippen molar-refractivity contribution in [3.8, 4) is 0 Å². The number of carbonyl (C=O) groups is 2. The molecule has 0 N–H and O–H groups in total. The Balaban J connectivity index is 1.97. The molecule has 126 valence electrons. The third-order valence-corrected chi connectivity index (χ3v) is 8.98. The van der Waals surface area contributed by atoms with Crippen LogP contribution in [0.15, 0.2) is 42.5 Å². The van der Waals surface area contributed by atoms with Crippen molar-refractivity contribution in [3.63, 3.8) is 0 Å². The van der Waals surface area contributed by atoms with E-state index in [1.807, 2.05) is 39.0 Å². The zero-order chi connectivity index (χ0) is 17.4. The van der Waals surface area contributed by atoms with Gasteiger partial charge in [0, 0.05) is 0 Å². The zero-order valence-electron chi connectivity index (χ0n) is 13.5. The monoisotopic (exact) mass is 457 g/mol. The summed E-state index contributed by atoms with van der Waals surface area (Å²) in [5, 5.41) is 0.479. The molecule has 0 fully saturated rings. The Labute approximate surface area is 154 Å². The molecule has 0 spiro atoms.